The predicted molar refractivity (Wildman–Crippen MR) is 80.3 cm³/mol. The minimum atomic E-state index is -0.900. The van der Waals surface area contributed by atoms with Gasteiger partial charge in [0.05, 0.1) is 18.7 Å². The van der Waals surface area contributed by atoms with Crippen molar-refractivity contribution >= 4 is 5.91 Å². The van der Waals surface area contributed by atoms with Gasteiger partial charge in [0.15, 0.2) is 0 Å². The molecule has 0 saturated heterocycles. The van der Waals surface area contributed by atoms with Crippen LogP contribution in [0, 0.1) is 16.7 Å². The molecule has 1 unspecified atom stereocenters. The molecule has 4 nitrogen and oxygen atoms in total. The van der Waals surface area contributed by atoms with E-state index in [2.05, 4.69) is 11.4 Å². The van der Waals surface area contributed by atoms with E-state index in [1.54, 1.807) is 0 Å². The van der Waals surface area contributed by atoms with Gasteiger partial charge in [-0.15, -0.1) is 0 Å². The first kappa shape index (κ1) is 15.5. The SMILES string of the molecule is N#CC1(C(=O)NC(CO)Cc2ccccc2)CCCCC1. The monoisotopic (exact) mass is 286 g/mol. The molecule has 21 heavy (non-hydrogen) atoms. The lowest BCUT2D eigenvalue weighted by molar-refractivity contribution is -0.130. The number of carbonyl (C=O) groups is 1. The Morgan fingerprint density at radius 2 is 1.95 bits per heavy atom. The quantitative estimate of drug-likeness (QED) is 0.871. The van der Waals surface area contributed by atoms with E-state index < -0.39 is 5.41 Å². The van der Waals surface area contributed by atoms with Crippen LogP contribution in [0.3, 0.4) is 0 Å². The van der Waals surface area contributed by atoms with Crippen molar-refractivity contribution in [1.29, 1.82) is 5.26 Å². The van der Waals surface area contributed by atoms with Crippen LogP contribution in [0.2, 0.25) is 0 Å². The number of amides is 1. The van der Waals surface area contributed by atoms with Crippen molar-refractivity contribution in [1.82, 2.24) is 5.32 Å². The van der Waals surface area contributed by atoms with E-state index in [4.69, 9.17) is 0 Å². The lowest BCUT2D eigenvalue weighted by atomic mass is 9.74. The Morgan fingerprint density at radius 3 is 2.52 bits per heavy atom. The van der Waals surface area contributed by atoms with Gasteiger partial charge in [-0.3, -0.25) is 4.79 Å². The zero-order valence-electron chi connectivity index (χ0n) is 12.2. The van der Waals surface area contributed by atoms with Crippen LogP contribution < -0.4 is 5.32 Å². The van der Waals surface area contributed by atoms with E-state index in [0.717, 1.165) is 24.8 Å². The predicted octanol–water partition coefficient (Wildman–Crippen LogP) is 2.18. The Kier molecular flexibility index (Phi) is 5.35. The molecule has 1 aromatic carbocycles. The van der Waals surface area contributed by atoms with Crippen LogP contribution in [0.5, 0.6) is 0 Å². The fourth-order valence-corrected chi connectivity index (χ4v) is 2.93. The highest BCUT2D eigenvalue weighted by Gasteiger charge is 2.40. The highest BCUT2D eigenvalue weighted by Crippen LogP contribution is 2.35. The summed E-state index contributed by atoms with van der Waals surface area (Å²) in [5.74, 6) is -0.223. The zero-order valence-corrected chi connectivity index (χ0v) is 12.2. The van der Waals surface area contributed by atoms with Gasteiger partial charge in [-0.1, -0.05) is 49.6 Å². The van der Waals surface area contributed by atoms with E-state index in [1.165, 1.54) is 0 Å². The van der Waals surface area contributed by atoms with Crippen molar-refractivity contribution in [2.45, 2.75) is 44.6 Å². The number of nitrogens with zero attached hydrogens (tertiary/aromatic N) is 1. The average Bonchev–Trinajstić information content (AvgIpc) is 2.55. The molecule has 0 radical (unpaired) electrons. The molecule has 0 heterocycles. The molecule has 2 N–H and O–H groups in total. The first-order valence-corrected chi connectivity index (χ1v) is 7.57. The summed E-state index contributed by atoms with van der Waals surface area (Å²) >= 11 is 0. The van der Waals surface area contributed by atoms with Crippen LogP contribution >= 0.6 is 0 Å². The van der Waals surface area contributed by atoms with Crippen LogP contribution in [0.4, 0.5) is 0 Å². The molecule has 1 amide bonds. The Hall–Kier alpha value is -1.86. The molecule has 4 heteroatoms. The molecule has 1 aliphatic carbocycles. The van der Waals surface area contributed by atoms with Crippen LogP contribution in [-0.2, 0) is 11.2 Å². The maximum absolute atomic E-state index is 12.5. The molecule has 0 aliphatic heterocycles. The minimum absolute atomic E-state index is 0.123. The number of nitrogens with one attached hydrogen (secondary N) is 1. The van der Waals surface area contributed by atoms with E-state index in [1.807, 2.05) is 30.3 Å². The Balaban J connectivity index is 2.00. The van der Waals surface area contributed by atoms with Gasteiger partial charge < -0.3 is 10.4 Å². The average molecular weight is 286 g/mol. The summed E-state index contributed by atoms with van der Waals surface area (Å²) in [6.45, 7) is -0.123. The highest BCUT2D eigenvalue weighted by atomic mass is 16.3. The molecule has 1 aliphatic rings. The van der Waals surface area contributed by atoms with Crippen LogP contribution in [0.15, 0.2) is 30.3 Å². The number of hydrogen-bond donors (Lipinski definition) is 2. The number of aliphatic hydroxyl groups is 1. The number of nitriles is 1. The van der Waals surface area contributed by atoms with Crippen LogP contribution in [0.25, 0.3) is 0 Å². The van der Waals surface area contributed by atoms with Gasteiger partial charge >= 0.3 is 0 Å². The molecule has 1 aromatic rings. The van der Waals surface area contributed by atoms with Gasteiger partial charge in [-0.05, 0) is 24.8 Å². The first-order valence-electron chi connectivity index (χ1n) is 7.57. The molecule has 0 spiro atoms. The fraction of sp³-hybridized carbons (Fsp3) is 0.529. The van der Waals surface area contributed by atoms with Gasteiger partial charge in [0.25, 0.3) is 0 Å². The van der Waals surface area contributed by atoms with Crippen molar-refractivity contribution in [2.24, 2.45) is 5.41 Å². The van der Waals surface area contributed by atoms with Crippen molar-refractivity contribution in [2.75, 3.05) is 6.61 Å². The van der Waals surface area contributed by atoms with Crippen molar-refractivity contribution in [3.8, 4) is 6.07 Å². The van der Waals surface area contributed by atoms with E-state index in [0.29, 0.717) is 19.3 Å². The highest BCUT2D eigenvalue weighted by molar-refractivity contribution is 5.85. The lowest BCUT2D eigenvalue weighted by Gasteiger charge is -2.31. The standard InChI is InChI=1S/C17H22N2O2/c18-13-17(9-5-2-6-10-17)16(21)19-15(12-20)11-14-7-3-1-4-8-14/h1,3-4,7-8,15,20H,2,5-6,9-12H2,(H,19,21). The first-order chi connectivity index (χ1) is 10.2. The van der Waals surface area contributed by atoms with E-state index >= 15 is 0 Å². The second-order valence-electron chi connectivity index (χ2n) is 5.80. The van der Waals surface area contributed by atoms with Gasteiger partial charge in [0.2, 0.25) is 5.91 Å². The number of benzene rings is 1. The maximum Gasteiger partial charge on any atom is 0.240 e. The normalized spacial score (nSPS) is 18.5. The summed E-state index contributed by atoms with van der Waals surface area (Å²) in [6, 6.07) is 11.6. The lowest BCUT2D eigenvalue weighted by Crippen LogP contribution is -2.48. The van der Waals surface area contributed by atoms with E-state index in [-0.39, 0.29) is 18.6 Å². The van der Waals surface area contributed by atoms with Gasteiger partial charge in [0.1, 0.15) is 5.41 Å². The number of carbonyl (C=O) groups excluding carboxylic acids is 1. The maximum atomic E-state index is 12.5. The summed E-state index contributed by atoms with van der Waals surface area (Å²) in [5, 5.41) is 21.8. The second kappa shape index (κ2) is 7.24. The zero-order chi connectivity index (χ0) is 15.1. The minimum Gasteiger partial charge on any atom is -0.394 e. The second-order valence-corrected chi connectivity index (χ2v) is 5.80. The van der Waals surface area contributed by atoms with Gasteiger partial charge in [0, 0.05) is 0 Å². The summed E-state index contributed by atoms with van der Waals surface area (Å²) in [7, 11) is 0. The molecule has 0 aromatic heterocycles. The molecular weight excluding hydrogens is 264 g/mol. The Morgan fingerprint density at radius 1 is 1.29 bits per heavy atom. The largest absolute Gasteiger partial charge is 0.394 e. The molecule has 2 rings (SSSR count). The van der Waals surface area contributed by atoms with E-state index in [9.17, 15) is 15.2 Å². The number of hydrogen-bond acceptors (Lipinski definition) is 3. The molecular formula is C17H22N2O2. The summed E-state index contributed by atoms with van der Waals surface area (Å²) in [5.41, 5.74) is 0.161. The number of aliphatic hydroxyl groups excluding tert-OH is 1. The third-order valence-electron chi connectivity index (χ3n) is 4.24. The summed E-state index contributed by atoms with van der Waals surface area (Å²) < 4.78 is 0. The number of rotatable bonds is 5. The smallest absolute Gasteiger partial charge is 0.240 e. The fourth-order valence-electron chi connectivity index (χ4n) is 2.93. The van der Waals surface area contributed by atoms with Gasteiger partial charge in [-0.2, -0.15) is 5.26 Å². The summed E-state index contributed by atoms with van der Waals surface area (Å²) in [4.78, 5) is 12.5. The third kappa shape index (κ3) is 3.83. The third-order valence-corrected chi connectivity index (χ3v) is 4.24. The summed E-state index contributed by atoms with van der Waals surface area (Å²) in [6.07, 6.45) is 4.75. The van der Waals surface area contributed by atoms with Crippen molar-refractivity contribution < 1.29 is 9.90 Å². The van der Waals surface area contributed by atoms with Crippen molar-refractivity contribution in [3.05, 3.63) is 35.9 Å². The van der Waals surface area contributed by atoms with Crippen LogP contribution in [-0.4, -0.2) is 23.7 Å². The molecule has 1 fully saturated rings. The molecule has 112 valence electrons. The molecule has 1 atom stereocenters. The van der Waals surface area contributed by atoms with Crippen LogP contribution in [0.1, 0.15) is 37.7 Å². The Bertz CT molecular complexity index is 501. The van der Waals surface area contributed by atoms with Gasteiger partial charge in [-0.25, -0.2) is 0 Å². The molecule has 0 bridgehead atoms. The van der Waals surface area contributed by atoms with Crippen molar-refractivity contribution in [3.63, 3.8) is 0 Å². The topological polar surface area (TPSA) is 73.1 Å². The Labute approximate surface area is 125 Å². The molecule has 1 saturated carbocycles.